The standard InChI is InChI=1S/C15H13N5O4/c21-14-9(2-1-5-16-14)15(22)17-7-12-18-13(20-24-12)10-6-11(23-19-10)8-3-4-8/h1-2,5-6,8H,3-4,7H2,(H,16,21)(H,17,22). The molecule has 122 valence electrons. The molecule has 2 N–H and O–H groups in total. The Morgan fingerprint density at radius 2 is 2.21 bits per heavy atom. The minimum absolute atomic E-state index is 0.00744. The molecule has 3 aromatic heterocycles. The van der Waals surface area contributed by atoms with Crippen LogP contribution in [0.1, 0.15) is 40.8 Å². The van der Waals surface area contributed by atoms with E-state index >= 15 is 0 Å². The minimum Gasteiger partial charge on any atom is -0.360 e. The topological polar surface area (TPSA) is 127 Å². The fraction of sp³-hybridized carbons (Fsp3) is 0.267. The van der Waals surface area contributed by atoms with E-state index in [0.717, 1.165) is 18.6 Å². The molecule has 0 unspecified atom stereocenters. The second-order valence-corrected chi connectivity index (χ2v) is 5.50. The predicted octanol–water partition coefficient (Wildman–Crippen LogP) is 1.22. The molecule has 4 rings (SSSR count). The summed E-state index contributed by atoms with van der Waals surface area (Å²) in [6.07, 6.45) is 3.67. The molecule has 9 nitrogen and oxygen atoms in total. The second-order valence-electron chi connectivity index (χ2n) is 5.50. The number of hydrogen-bond acceptors (Lipinski definition) is 7. The molecule has 0 aliphatic heterocycles. The van der Waals surface area contributed by atoms with Gasteiger partial charge in [0.1, 0.15) is 11.3 Å². The summed E-state index contributed by atoms with van der Waals surface area (Å²) in [4.78, 5) is 30.1. The van der Waals surface area contributed by atoms with Crippen molar-refractivity contribution in [3.05, 3.63) is 52.0 Å². The van der Waals surface area contributed by atoms with Gasteiger partial charge in [0.25, 0.3) is 11.5 Å². The molecule has 0 radical (unpaired) electrons. The third-order valence-corrected chi connectivity index (χ3v) is 3.67. The lowest BCUT2D eigenvalue weighted by Gasteiger charge is -2.00. The van der Waals surface area contributed by atoms with Gasteiger partial charge in [-0.05, 0) is 25.0 Å². The number of aromatic amines is 1. The summed E-state index contributed by atoms with van der Waals surface area (Å²) in [5.41, 5.74) is 0.0527. The SMILES string of the molecule is O=C(NCc1nc(-c2cc(C3CC3)on2)no1)c1ccc[nH]c1=O. The summed E-state index contributed by atoms with van der Waals surface area (Å²) < 4.78 is 10.3. The molecular weight excluding hydrogens is 314 g/mol. The van der Waals surface area contributed by atoms with Gasteiger partial charge in [0.15, 0.2) is 5.69 Å². The number of carbonyl (C=O) groups is 1. The van der Waals surface area contributed by atoms with Crippen molar-refractivity contribution < 1.29 is 13.8 Å². The van der Waals surface area contributed by atoms with Crippen LogP contribution in [-0.2, 0) is 6.54 Å². The van der Waals surface area contributed by atoms with Crippen molar-refractivity contribution in [2.45, 2.75) is 25.3 Å². The lowest BCUT2D eigenvalue weighted by atomic mass is 10.2. The molecular formula is C15H13N5O4. The van der Waals surface area contributed by atoms with Gasteiger partial charge in [-0.3, -0.25) is 9.59 Å². The van der Waals surface area contributed by atoms with E-state index in [0.29, 0.717) is 17.4 Å². The summed E-state index contributed by atoms with van der Waals surface area (Å²) in [7, 11) is 0. The molecule has 0 bridgehead atoms. The first-order valence-corrected chi connectivity index (χ1v) is 7.46. The van der Waals surface area contributed by atoms with Crippen molar-refractivity contribution in [1.29, 1.82) is 0 Å². The molecule has 3 aromatic rings. The Hall–Kier alpha value is -3.23. The van der Waals surface area contributed by atoms with Gasteiger partial charge in [-0.15, -0.1) is 0 Å². The largest absolute Gasteiger partial charge is 0.360 e. The number of aromatic nitrogens is 4. The van der Waals surface area contributed by atoms with Gasteiger partial charge >= 0.3 is 0 Å². The highest BCUT2D eigenvalue weighted by Gasteiger charge is 2.28. The molecule has 24 heavy (non-hydrogen) atoms. The molecule has 0 aromatic carbocycles. The number of H-pyrrole nitrogens is 1. The average molecular weight is 327 g/mol. The van der Waals surface area contributed by atoms with Gasteiger partial charge in [-0.1, -0.05) is 10.3 Å². The van der Waals surface area contributed by atoms with Gasteiger partial charge < -0.3 is 19.3 Å². The number of pyridine rings is 1. The second kappa shape index (κ2) is 5.76. The van der Waals surface area contributed by atoms with E-state index in [2.05, 4.69) is 25.6 Å². The van der Waals surface area contributed by atoms with E-state index in [1.165, 1.54) is 12.3 Å². The minimum atomic E-state index is -0.519. The zero-order valence-corrected chi connectivity index (χ0v) is 12.5. The Bertz CT molecular complexity index is 937. The van der Waals surface area contributed by atoms with Crippen molar-refractivity contribution >= 4 is 5.91 Å². The highest BCUT2D eigenvalue weighted by atomic mass is 16.5. The van der Waals surface area contributed by atoms with Crippen LogP contribution >= 0.6 is 0 Å². The molecule has 0 atom stereocenters. The Morgan fingerprint density at radius 3 is 3.00 bits per heavy atom. The van der Waals surface area contributed by atoms with E-state index in [9.17, 15) is 9.59 Å². The van der Waals surface area contributed by atoms with Crippen LogP contribution < -0.4 is 10.9 Å². The number of carbonyl (C=O) groups excluding carboxylic acids is 1. The van der Waals surface area contributed by atoms with Gasteiger partial charge in [0.05, 0.1) is 6.54 Å². The van der Waals surface area contributed by atoms with Crippen LogP contribution in [0.4, 0.5) is 0 Å². The lowest BCUT2D eigenvalue weighted by molar-refractivity contribution is 0.0944. The summed E-state index contributed by atoms with van der Waals surface area (Å²) in [6, 6.07) is 4.81. The van der Waals surface area contributed by atoms with Crippen LogP contribution in [0.25, 0.3) is 11.5 Å². The van der Waals surface area contributed by atoms with E-state index < -0.39 is 11.5 Å². The summed E-state index contributed by atoms with van der Waals surface area (Å²) in [5.74, 6) is 1.26. The lowest BCUT2D eigenvalue weighted by Crippen LogP contribution is -2.28. The van der Waals surface area contributed by atoms with Crippen molar-refractivity contribution in [1.82, 2.24) is 25.6 Å². The monoisotopic (exact) mass is 327 g/mol. The Balaban J connectivity index is 1.42. The normalized spacial score (nSPS) is 13.8. The third kappa shape index (κ3) is 2.83. The van der Waals surface area contributed by atoms with Gasteiger partial charge in [-0.25, -0.2) is 0 Å². The van der Waals surface area contributed by atoms with Crippen molar-refractivity contribution in [2.75, 3.05) is 0 Å². The molecule has 1 aliphatic carbocycles. The van der Waals surface area contributed by atoms with Crippen LogP contribution in [0.15, 0.2) is 38.2 Å². The number of nitrogens with one attached hydrogen (secondary N) is 2. The van der Waals surface area contributed by atoms with Gasteiger partial charge in [-0.2, -0.15) is 4.98 Å². The third-order valence-electron chi connectivity index (χ3n) is 3.67. The summed E-state index contributed by atoms with van der Waals surface area (Å²) >= 11 is 0. The molecule has 1 fully saturated rings. The quantitative estimate of drug-likeness (QED) is 0.721. The molecule has 0 saturated heterocycles. The molecule has 1 saturated carbocycles. The smallest absolute Gasteiger partial charge is 0.260 e. The maximum absolute atomic E-state index is 12.0. The highest BCUT2D eigenvalue weighted by molar-refractivity contribution is 5.93. The molecule has 3 heterocycles. The fourth-order valence-electron chi connectivity index (χ4n) is 2.24. The van der Waals surface area contributed by atoms with Gasteiger partial charge in [0.2, 0.25) is 11.7 Å². The van der Waals surface area contributed by atoms with Crippen LogP contribution in [0.2, 0.25) is 0 Å². The predicted molar refractivity (Wildman–Crippen MR) is 80.0 cm³/mol. The first-order valence-electron chi connectivity index (χ1n) is 7.46. The Kier molecular flexibility index (Phi) is 3.45. The van der Waals surface area contributed by atoms with Crippen LogP contribution in [0, 0.1) is 0 Å². The molecule has 1 aliphatic rings. The van der Waals surface area contributed by atoms with Crippen molar-refractivity contribution in [3.63, 3.8) is 0 Å². The van der Waals surface area contributed by atoms with Gasteiger partial charge in [0, 0.05) is 18.2 Å². The van der Waals surface area contributed by atoms with Crippen molar-refractivity contribution in [3.8, 4) is 11.5 Å². The summed E-state index contributed by atoms with van der Waals surface area (Å²) in [6.45, 7) is 0.00744. The van der Waals surface area contributed by atoms with E-state index in [4.69, 9.17) is 9.05 Å². The molecule has 9 heteroatoms. The van der Waals surface area contributed by atoms with Crippen LogP contribution in [0.3, 0.4) is 0 Å². The van der Waals surface area contributed by atoms with E-state index in [-0.39, 0.29) is 18.0 Å². The first-order chi connectivity index (χ1) is 11.7. The van der Waals surface area contributed by atoms with Crippen LogP contribution in [-0.4, -0.2) is 26.2 Å². The number of nitrogens with zero attached hydrogens (tertiary/aromatic N) is 3. The zero-order chi connectivity index (χ0) is 16.5. The Labute approximate surface area is 135 Å². The zero-order valence-electron chi connectivity index (χ0n) is 12.5. The molecule has 0 spiro atoms. The summed E-state index contributed by atoms with van der Waals surface area (Å²) in [5, 5.41) is 10.3. The average Bonchev–Trinajstić information content (AvgIpc) is 3.13. The Morgan fingerprint density at radius 1 is 1.33 bits per heavy atom. The first kappa shape index (κ1) is 14.4. The molecule has 1 amide bonds. The van der Waals surface area contributed by atoms with E-state index in [1.807, 2.05) is 0 Å². The highest BCUT2D eigenvalue weighted by Crippen LogP contribution is 2.40. The fourth-order valence-corrected chi connectivity index (χ4v) is 2.24. The number of rotatable bonds is 5. The van der Waals surface area contributed by atoms with Crippen molar-refractivity contribution in [2.24, 2.45) is 0 Å². The van der Waals surface area contributed by atoms with Crippen LogP contribution in [0.5, 0.6) is 0 Å². The maximum atomic E-state index is 12.0. The van der Waals surface area contributed by atoms with E-state index in [1.54, 1.807) is 12.1 Å². The number of hydrogen-bond donors (Lipinski definition) is 2. The number of amides is 1. The maximum Gasteiger partial charge on any atom is 0.260 e.